The molecule has 2 N–H and O–H groups in total. The molecule has 0 radical (unpaired) electrons. The van der Waals surface area contributed by atoms with Crippen LogP contribution in [-0.2, 0) is 14.3 Å². The third-order valence-electron chi connectivity index (χ3n) is 4.37. The summed E-state index contributed by atoms with van der Waals surface area (Å²) in [5.74, 6) is -0.270. The van der Waals surface area contributed by atoms with Crippen LogP contribution in [0, 0.1) is 0 Å². The molecule has 0 bridgehead atoms. The standard InChI is InChI=1S/C21H28N2O7/c1-5-7-10-29-16-9-8-14(11-17(16)27-4)19(24)30-12-15-18(20(25)28-6-2)13(3)22-21(26)23-15/h8-9,11,13H,5-7,10,12H2,1-4H3,(H2,22,23,26). The fraction of sp³-hybridized carbons (Fsp3) is 0.476. The molecule has 1 unspecified atom stereocenters. The van der Waals surface area contributed by atoms with Gasteiger partial charge >= 0.3 is 18.0 Å². The van der Waals surface area contributed by atoms with Gasteiger partial charge in [-0.25, -0.2) is 14.4 Å². The summed E-state index contributed by atoms with van der Waals surface area (Å²) in [5.41, 5.74) is 0.646. The molecule has 1 aliphatic rings. The van der Waals surface area contributed by atoms with E-state index in [0.29, 0.717) is 18.1 Å². The first kappa shape index (κ1) is 23.1. The minimum atomic E-state index is -0.635. The van der Waals surface area contributed by atoms with Crippen molar-refractivity contribution in [2.45, 2.75) is 39.7 Å². The summed E-state index contributed by atoms with van der Waals surface area (Å²) in [6.45, 7) is 5.83. The van der Waals surface area contributed by atoms with E-state index in [2.05, 4.69) is 17.6 Å². The van der Waals surface area contributed by atoms with Gasteiger partial charge in [-0.3, -0.25) is 0 Å². The third-order valence-corrected chi connectivity index (χ3v) is 4.37. The quantitative estimate of drug-likeness (QED) is 0.442. The van der Waals surface area contributed by atoms with E-state index in [1.165, 1.54) is 13.2 Å². The van der Waals surface area contributed by atoms with E-state index in [-0.39, 0.29) is 30.0 Å². The fourth-order valence-electron chi connectivity index (χ4n) is 2.85. The van der Waals surface area contributed by atoms with Gasteiger partial charge in [0.1, 0.15) is 6.61 Å². The van der Waals surface area contributed by atoms with E-state index in [4.69, 9.17) is 18.9 Å². The Kier molecular flexibility index (Phi) is 8.52. The van der Waals surface area contributed by atoms with Crippen molar-refractivity contribution in [3.8, 4) is 11.5 Å². The first-order chi connectivity index (χ1) is 14.4. The van der Waals surface area contributed by atoms with Crippen LogP contribution in [0.1, 0.15) is 44.0 Å². The number of unbranched alkanes of at least 4 members (excludes halogenated alkanes) is 1. The maximum absolute atomic E-state index is 12.5. The molecule has 0 saturated heterocycles. The van der Waals surface area contributed by atoms with Crippen molar-refractivity contribution >= 4 is 18.0 Å². The van der Waals surface area contributed by atoms with Crippen molar-refractivity contribution in [2.75, 3.05) is 26.9 Å². The molecular weight excluding hydrogens is 392 g/mol. The monoisotopic (exact) mass is 420 g/mol. The highest BCUT2D eigenvalue weighted by Crippen LogP contribution is 2.28. The predicted molar refractivity (Wildman–Crippen MR) is 108 cm³/mol. The van der Waals surface area contributed by atoms with Gasteiger partial charge in [0, 0.05) is 0 Å². The van der Waals surface area contributed by atoms with Crippen LogP contribution in [0.4, 0.5) is 4.79 Å². The molecule has 0 fully saturated rings. The molecule has 1 atom stereocenters. The molecule has 1 aromatic carbocycles. The lowest BCUT2D eigenvalue weighted by Crippen LogP contribution is -2.50. The average molecular weight is 420 g/mol. The molecule has 1 heterocycles. The second-order valence-corrected chi connectivity index (χ2v) is 6.58. The van der Waals surface area contributed by atoms with Crippen molar-refractivity contribution in [3.63, 3.8) is 0 Å². The molecule has 2 rings (SSSR count). The summed E-state index contributed by atoms with van der Waals surface area (Å²) in [7, 11) is 1.49. The minimum Gasteiger partial charge on any atom is -0.493 e. The maximum Gasteiger partial charge on any atom is 0.338 e. The van der Waals surface area contributed by atoms with Gasteiger partial charge in [-0.2, -0.15) is 0 Å². The Morgan fingerprint density at radius 2 is 1.87 bits per heavy atom. The Hall–Kier alpha value is -3.23. The van der Waals surface area contributed by atoms with Crippen molar-refractivity contribution in [1.82, 2.24) is 10.6 Å². The Morgan fingerprint density at radius 3 is 2.53 bits per heavy atom. The highest BCUT2D eigenvalue weighted by Gasteiger charge is 2.30. The van der Waals surface area contributed by atoms with E-state index in [9.17, 15) is 14.4 Å². The number of hydrogen-bond acceptors (Lipinski definition) is 7. The van der Waals surface area contributed by atoms with Crippen LogP contribution >= 0.6 is 0 Å². The number of ether oxygens (including phenoxy) is 4. The summed E-state index contributed by atoms with van der Waals surface area (Å²) in [6, 6.07) is 3.66. The smallest absolute Gasteiger partial charge is 0.338 e. The Bertz CT molecular complexity index is 820. The third kappa shape index (κ3) is 5.88. The number of rotatable bonds is 10. The van der Waals surface area contributed by atoms with Crippen LogP contribution in [0.2, 0.25) is 0 Å². The summed E-state index contributed by atoms with van der Waals surface area (Å²) < 4.78 is 21.3. The van der Waals surface area contributed by atoms with Gasteiger partial charge < -0.3 is 29.6 Å². The highest BCUT2D eigenvalue weighted by atomic mass is 16.5. The topological polar surface area (TPSA) is 112 Å². The molecule has 0 aromatic heterocycles. The lowest BCUT2D eigenvalue weighted by Gasteiger charge is -2.26. The van der Waals surface area contributed by atoms with E-state index in [1.807, 2.05) is 0 Å². The van der Waals surface area contributed by atoms with Gasteiger partial charge in [0.25, 0.3) is 0 Å². The average Bonchev–Trinajstić information content (AvgIpc) is 2.72. The van der Waals surface area contributed by atoms with Crippen LogP contribution in [0.3, 0.4) is 0 Å². The summed E-state index contributed by atoms with van der Waals surface area (Å²) >= 11 is 0. The van der Waals surface area contributed by atoms with Gasteiger partial charge in [-0.05, 0) is 38.5 Å². The summed E-state index contributed by atoms with van der Waals surface area (Å²) in [6.07, 6.45) is 1.91. The van der Waals surface area contributed by atoms with Crippen LogP contribution in [0.25, 0.3) is 0 Å². The zero-order valence-electron chi connectivity index (χ0n) is 17.7. The molecule has 30 heavy (non-hydrogen) atoms. The Balaban J connectivity index is 2.13. The lowest BCUT2D eigenvalue weighted by atomic mass is 10.0. The second-order valence-electron chi connectivity index (χ2n) is 6.58. The number of nitrogens with one attached hydrogen (secondary N) is 2. The molecule has 0 spiro atoms. The highest BCUT2D eigenvalue weighted by molar-refractivity contribution is 5.95. The Labute approximate surface area is 175 Å². The molecule has 2 amide bonds. The number of carbonyl (C=O) groups is 3. The zero-order valence-corrected chi connectivity index (χ0v) is 17.7. The van der Waals surface area contributed by atoms with Crippen LogP contribution in [0.5, 0.6) is 11.5 Å². The van der Waals surface area contributed by atoms with Gasteiger partial charge in [0.15, 0.2) is 11.5 Å². The number of amides is 2. The van der Waals surface area contributed by atoms with E-state index in [0.717, 1.165) is 12.8 Å². The number of hydrogen-bond donors (Lipinski definition) is 2. The molecule has 1 aliphatic heterocycles. The number of esters is 2. The van der Waals surface area contributed by atoms with E-state index >= 15 is 0 Å². The van der Waals surface area contributed by atoms with Crippen LogP contribution in [0.15, 0.2) is 29.5 Å². The van der Waals surface area contributed by atoms with Crippen molar-refractivity contribution in [3.05, 3.63) is 35.0 Å². The molecule has 1 aromatic rings. The normalized spacial score (nSPS) is 15.7. The van der Waals surface area contributed by atoms with Gasteiger partial charge in [-0.1, -0.05) is 13.3 Å². The lowest BCUT2D eigenvalue weighted by molar-refractivity contribution is -0.139. The van der Waals surface area contributed by atoms with Crippen LogP contribution < -0.4 is 20.1 Å². The largest absolute Gasteiger partial charge is 0.493 e. The number of carbonyl (C=O) groups excluding carboxylic acids is 3. The molecule has 0 saturated carbocycles. The summed E-state index contributed by atoms with van der Waals surface area (Å²) in [4.78, 5) is 36.5. The minimum absolute atomic E-state index is 0.183. The van der Waals surface area contributed by atoms with Gasteiger partial charge in [-0.15, -0.1) is 0 Å². The zero-order chi connectivity index (χ0) is 22.1. The Morgan fingerprint density at radius 1 is 1.10 bits per heavy atom. The van der Waals surface area contributed by atoms with Crippen molar-refractivity contribution < 1.29 is 33.3 Å². The molecule has 9 heteroatoms. The number of benzene rings is 1. The number of methoxy groups -OCH3 is 1. The predicted octanol–water partition coefficient (Wildman–Crippen LogP) is 2.55. The molecule has 0 aliphatic carbocycles. The maximum atomic E-state index is 12.5. The second kappa shape index (κ2) is 11.1. The molecule has 164 valence electrons. The van der Waals surface area contributed by atoms with E-state index < -0.39 is 24.0 Å². The number of urea groups is 1. The molecule has 9 nitrogen and oxygen atoms in total. The first-order valence-corrected chi connectivity index (χ1v) is 9.86. The van der Waals surface area contributed by atoms with Gasteiger partial charge in [0.05, 0.1) is 43.2 Å². The SMILES string of the molecule is CCCCOc1ccc(C(=O)OCC2=C(C(=O)OCC)C(C)NC(=O)N2)cc1OC. The first-order valence-electron chi connectivity index (χ1n) is 9.86. The van der Waals surface area contributed by atoms with E-state index in [1.54, 1.807) is 26.0 Å². The molecular formula is C21H28N2O7. The fourth-order valence-corrected chi connectivity index (χ4v) is 2.85. The van der Waals surface area contributed by atoms with Gasteiger partial charge in [0.2, 0.25) is 0 Å². The van der Waals surface area contributed by atoms with Crippen LogP contribution in [-0.4, -0.2) is 50.9 Å². The summed E-state index contributed by atoms with van der Waals surface area (Å²) in [5, 5.41) is 5.09. The van der Waals surface area contributed by atoms with Crippen molar-refractivity contribution in [2.24, 2.45) is 0 Å². The van der Waals surface area contributed by atoms with Crippen molar-refractivity contribution in [1.29, 1.82) is 0 Å².